The van der Waals surface area contributed by atoms with Crippen LogP contribution in [-0.2, 0) is 0 Å². The Kier molecular flexibility index (Phi) is 4.61. The zero-order valence-electron chi connectivity index (χ0n) is 11.8. The highest BCUT2D eigenvalue weighted by molar-refractivity contribution is 5.49. The molecule has 1 N–H and O–H groups in total. The Hall–Kier alpha value is -1.06. The van der Waals surface area contributed by atoms with Crippen LogP contribution in [0, 0.1) is 6.92 Å². The van der Waals surface area contributed by atoms with Crippen LogP contribution in [0.25, 0.3) is 0 Å². The van der Waals surface area contributed by atoms with Crippen LogP contribution in [0.3, 0.4) is 0 Å². The van der Waals surface area contributed by atoms with Crippen LogP contribution in [0.2, 0.25) is 0 Å². The lowest BCUT2D eigenvalue weighted by molar-refractivity contribution is 0.230. The summed E-state index contributed by atoms with van der Waals surface area (Å²) in [6.07, 6.45) is 0. The molecule has 0 amide bonds. The average Bonchev–Trinajstić information content (AvgIpc) is 2.36. The van der Waals surface area contributed by atoms with Crippen molar-refractivity contribution < 1.29 is 0 Å². The van der Waals surface area contributed by atoms with Gasteiger partial charge in [0.25, 0.3) is 0 Å². The van der Waals surface area contributed by atoms with Gasteiger partial charge in [-0.05, 0) is 38.6 Å². The Morgan fingerprint density at radius 1 is 1.33 bits per heavy atom. The van der Waals surface area contributed by atoms with E-state index < -0.39 is 0 Å². The van der Waals surface area contributed by atoms with Gasteiger partial charge in [-0.1, -0.05) is 12.1 Å². The predicted octanol–water partition coefficient (Wildman–Crippen LogP) is 1.72. The van der Waals surface area contributed by atoms with E-state index in [9.17, 15) is 0 Å². The van der Waals surface area contributed by atoms with Gasteiger partial charge >= 0.3 is 0 Å². The summed E-state index contributed by atoms with van der Waals surface area (Å²) >= 11 is 0. The topological polar surface area (TPSA) is 18.5 Å². The molecule has 0 radical (unpaired) electrons. The number of hydrogen-bond acceptors (Lipinski definition) is 3. The highest BCUT2D eigenvalue weighted by Gasteiger charge is 2.23. The Bertz CT molecular complexity index is 378. The Labute approximate surface area is 111 Å². The van der Waals surface area contributed by atoms with Crippen molar-refractivity contribution in [2.45, 2.75) is 19.9 Å². The standard InChI is InChI=1S/C15H25N3/c1-13-5-4-6-15(11-13)18-10-9-17(8-7-16-3)12-14(18)2/h4-6,11,14,16H,7-10,12H2,1-3H3. The highest BCUT2D eigenvalue weighted by Crippen LogP contribution is 2.21. The minimum atomic E-state index is 0.595. The molecule has 2 rings (SSSR count). The van der Waals surface area contributed by atoms with Crippen LogP contribution in [0.15, 0.2) is 24.3 Å². The van der Waals surface area contributed by atoms with E-state index in [1.165, 1.54) is 17.8 Å². The summed E-state index contributed by atoms with van der Waals surface area (Å²) < 4.78 is 0. The molecular weight excluding hydrogens is 222 g/mol. The summed E-state index contributed by atoms with van der Waals surface area (Å²) in [4.78, 5) is 5.08. The van der Waals surface area contributed by atoms with Gasteiger partial charge in [-0.25, -0.2) is 0 Å². The Balaban J connectivity index is 1.97. The van der Waals surface area contributed by atoms with Crippen molar-refractivity contribution in [1.29, 1.82) is 0 Å². The molecule has 0 spiro atoms. The van der Waals surface area contributed by atoms with Gasteiger partial charge in [-0.3, -0.25) is 4.90 Å². The number of nitrogens with one attached hydrogen (secondary N) is 1. The number of rotatable bonds is 4. The summed E-state index contributed by atoms with van der Waals surface area (Å²) in [5, 5.41) is 3.22. The summed E-state index contributed by atoms with van der Waals surface area (Å²) in [6, 6.07) is 9.44. The molecule has 1 aromatic rings. The molecule has 1 saturated heterocycles. The lowest BCUT2D eigenvalue weighted by Gasteiger charge is -2.41. The number of likely N-dealkylation sites (N-methyl/N-ethyl adjacent to an activating group) is 1. The minimum Gasteiger partial charge on any atom is -0.366 e. The van der Waals surface area contributed by atoms with Crippen molar-refractivity contribution in [1.82, 2.24) is 10.2 Å². The SMILES string of the molecule is CNCCN1CCN(c2cccc(C)c2)C(C)C1. The van der Waals surface area contributed by atoms with Gasteiger partial charge in [0.1, 0.15) is 0 Å². The van der Waals surface area contributed by atoms with Gasteiger partial charge in [0.05, 0.1) is 0 Å². The zero-order chi connectivity index (χ0) is 13.0. The molecule has 0 saturated carbocycles. The molecule has 3 heteroatoms. The van der Waals surface area contributed by atoms with E-state index in [4.69, 9.17) is 0 Å². The van der Waals surface area contributed by atoms with Crippen LogP contribution < -0.4 is 10.2 Å². The van der Waals surface area contributed by atoms with Gasteiger partial charge < -0.3 is 10.2 Å². The summed E-state index contributed by atoms with van der Waals surface area (Å²) in [5.74, 6) is 0. The van der Waals surface area contributed by atoms with E-state index in [2.05, 4.69) is 53.2 Å². The molecule has 1 aliphatic heterocycles. The van der Waals surface area contributed by atoms with Crippen molar-refractivity contribution in [3.05, 3.63) is 29.8 Å². The average molecular weight is 247 g/mol. The van der Waals surface area contributed by atoms with Crippen molar-refractivity contribution >= 4 is 5.69 Å². The largest absolute Gasteiger partial charge is 0.366 e. The second-order valence-electron chi connectivity index (χ2n) is 5.29. The van der Waals surface area contributed by atoms with E-state index in [-0.39, 0.29) is 0 Å². The van der Waals surface area contributed by atoms with E-state index >= 15 is 0 Å². The molecule has 1 aliphatic rings. The monoisotopic (exact) mass is 247 g/mol. The van der Waals surface area contributed by atoms with Crippen LogP contribution in [0.1, 0.15) is 12.5 Å². The van der Waals surface area contributed by atoms with E-state index in [0.717, 1.165) is 26.2 Å². The molecule has 1 heterocycles. The lowest BCUT2D eigenvalue weighted by atomic mass is 10.1. The fourth-order valence-electron chi connectivity index (χ4n) is 2.70. The molecule has 18 heavy (non-hydrogen) atoms. The molecule has 0 bridgehead atoms. The van der Waals surface area contributed by atoms with Crippen molar-refractivity contribution in [3.63, 3.8) is 0 Å². The van der Waals surface area contributed by atoms with Crippen LogP contribution >= 0.6 is 0 Å². The maximum absolute atomic E-state index is 3.22. The molecule has 0 aliphatic carbocycles. The Morgan fingerprint density at radius 2 is 2.17 bits per heavy atom. The molecule has 1 unspecified atom stereocenters. The van der Waals surface area contributed by atoms with Crippen molar-refractivity contribution in [3.8, 4) is 0 Å². The van der Waals surface area contributed by atoms with Crippen LogP contribution in [0.5, 0.6) is 0 Å². The summed E-state index contributed by atoms with van der Waals surface area (Å²) in [5.41, 5.74) is 2.72. The maximum atomic E-state index is 3.22. The zero-order valence-corrected chi connectivity index (χ0v) is 11.8. The molecule has 0 aromatic heterocycles. The van der Waals surface area contributed by atoms with Gasteiger partial charge in [-0.15, -0.1) is 0 Å². The first-order valence-corrected chi connectivity index (χ1v) is 6.91. The van der Waals surface area contributed by atoms with Gasteiger partial charge in [0.15, 0.2) is 0 Å². The number of hydrogen-bond donors (Lipinski definition) is 1. The van der Waals surface area contributed by atoms with Gasteiger partial charge in [0, 0.05) is 44.5 Å². The lowest BCUT2D eigenvalue weighted by Crippen LogP contribution is -2.53. The van der Waals surface area contributed by atoms with E-state index in [1.807, 2.05) is 7.05 Å². The quantitative estimate of drug-likeness (QED) is 0.874. The fraction of sp³-hybridized carbons (Fsp3) is 0.600. The first-order valence-electron chi connectivity index (χ1n) is 6.91. The molecule has 1 fully saturated rings. The van der Waals surface area contributed by atoms with E-state index in [1.54, 1.807) is 0 Å². The normalized spacial score (nSPS) is 21.3. The first kappa shape index (κ1) is 13.4. The molecule has 1 aromatic carbocycles. The molecular formula is C15H25N3. The number of anilines is 1. The minimum absolute atomic E-state index is 0.595. The summed E-state index contributed by atoms with van der Waals surface area (Å²) in [6.45, 7) is 10.2. The third-order valence-corrected chi connectivity index (χ3v) is 3.72. The van der Waals surface area contributed by atoms with E-state index in [0.29, 0.717) is 6.04 Å². The summed E-state index contributed by atoms with van der Waals surface area (Å²) in [7, 11) is 2.02. The third kappa shape index (κ3) is 3.24. The number of nitrogens with zero attached hydrogens (tertiary/aromatic N) is 2. The Morgan fingerprint density at radius 3 is 2.83 bits per heavy atom. The van der Waals surface area contributed by atoms with Crippen LogP contribution in [-0.4, -0.2) is 50.7 Å². The van der Waals surface area contributed by atoms with Gasteiger partial charge in [-0.2, -0.15) is 0 Å². The predicted molar refractivity (Wildman–Crippen MR) is 78.4 cm³/mol. The molecule has 1 atom stereocenters. The number of benzene rings is 1. The van der Waals surface area contributed by atoms with Crippen molar-refractivity contribution in [2.24, 2.45) is 0 Å². The number of piperazine rings is 1. The molecule has 3 nitrogen and oxygen atoms in total. The first-order chi connectivity index (χ1) is 8.70. The fourth-order valence-corrected chi connectivity index (χ4v) is 2.70. The molecule has 100 valence electrons. The second kappa shape index (κ2) is 6.21. The van der Waals surface area contributed by atoms with Crippen molar-refractivity contribution in [2.75, 3.05) is 44.7 Å². The van der Waals surface area contributed by atoms with Gasteiger partial charge in [0.2, 0.25) is 0 Å². The smallest absolute Gasteiger partial charge is 0.0389 e. The maximum Gasteiger partial charge on any atom is 0.0389 e. The third-order valence-electron chi connectivity index (χ3n) is 3.72. The second-order valence-corrected chi connectivity index (χ2v) is 5.29. The van der Waals surface area contributed by atoms with Crippen LogP contribution in [0.4, 0.5) is 5.69 Å². The number of aryl methyl sites for hydroxylation is 1. The highest BCUT2D eigenvalue weighted by atomic mass is 15.3.